The molecular weight excluding hydrogens is 181 g/mol. The molecule has 0 unspecified atom stereocenters. The zero-order valence-corrected chi connectivity index (χ0v) is 7.91. The molecule has 2 aliphatic rings. The van der Waals surface area contributed by atoms with Crippen LogP contribution in [0.1, 0.15) is 13.3 Å². The van der Waals surface area contributed by atoms with Crippen molar-refractivity contribution in [3.63, 3.8) is 0 Å². The minimum absolute atomic E-state index is 0.252. The van der Waals surface area contributed by atoms with Crippen molar-refractivity contribution in [2.75, 3.05) is 0 Å². The Labute approximate surface area is 76.7 Å². The lowest BCUT2D eigenvalue weighted by molar-refractivity contribution is 0.426. The molecule has 1 saturated heterocycles. The Bertz CT molecular complexity index is 212. The van der Waals surface area contributed by atoms with E-state index in [4.69, 9.17) is 23.2 Å². The van der Waals surface area contributed by atoms with Gasteiger partial charge >= 0.3 is 0 Å². The molecular formula is C8H11Cl2N. The molecule has 1 aliphatic heterocycles. The predicted octanol–water partition coefficient (Wildman–Crippen LogP) is 2.30. The minimum Gasteiger partial charge on any atom is -0.383 e. The third kappa shape index (κ3) is 0.978. The number of halogens is 2. The maximum absolute atomic E-state index is 6.04. The quantitative estimate of drug-likeness (QED) is 0.580. The van der Waals surface area contributed by atoms with Crippen LogP contribution in [0.25, 0.3) is 0 Å². The lowest BCUT2D eigenvalue weighted by Crippen LogP contribution is -2.26. The molecule has 2 rings (SSSR count). The van der Waals surface area contributed by atoms with E-state index in [1.165, 1.54) is 0 Å². The van der Waals surface area contributed by atoms with Crippen molar-refractivity contribution in [3.05, 3.63) is 12.3 Å². The Hall–Kier alpha value is 0.120. The van der Waals surface area contributed by atoms with E-state index in [0.717, 1.165) is 12.1 Å². The molecule has 0 radical (unpaired) electrons. The summed E-state index contributed by atoms with van der Waals surface area (Å²) in [5.41, 5.74) is 1.07. The monoisotopic (exact) mass is 191 g/mol. The Balaban J connectivity index is 2.17. The van der Waals surface area contributed by atoms with E-state index in [1.807, 2.05) is 0 Å². The molecule has 1 saturated carbocycles. The number of piperidine rings is 1. The molecule has 0 bridgehead atoms. The van der Waals surface area contributed by atoms with Gasteiger partial charge in [-0.05, 0) is 12.3 Å². The Kier molecular flexibility index (Phi) is 1.47. The summed E-state index contributed by atoms with van der Waals surface area (Å²) in [4.78, 5) is 0. The van der Waals surface area contributed by atoms with Crippen LogP contribution in [0.3, 0.4) is 0 Å². The summed E-state index contributed by atoms with van der Waals surface area (Å²) in [6.45, 7) is 6.06. The van der Waals surface area contributed by atoms with E-state index in [2.05, 4.69) is 18.8 Å². The van der Waals surface area contributed by atoms with Crippen LogP contribution in [-0.4, -0.2) is 10.4 Å². The van der Waals surface area contributed by atoms with Gasteiger partial charge in [0.2, 0.25) is 0 Å². The van der Waals surface area contributed by atoms with Crippen molar-refractivity contribution in [1.29, 1.82) is 0 Å². The van der Waals surface area contributed by atoms with Crippen LogP contribution in [-0.2, 0) is 0 Å². The highest BCUT2D eigenvalue weighted by Gasteiger charge is 2.66. The molecule has 0 aromatic carbocycles. The third-order valence-corrected chi connectivity index (χ3v) is 3.62. The number of hydrogen-bond donors (Lipinski definition) is 1. The topological polar surface area (TPSA) is 12.0 Å². The second-order valence-electron chi connectivity index (χ2n) is 3.61. The van der Waals surface area contributed by atoms with Gasteiger partial charge in [0, 0.05) is 11.6 Å². The molecule has 2 fully saturated rings. The van der Waals surface area contributed by atoms with Crippen LogP contribution in [0.2, 0.25) is 0 Å². The summed E-state index contributed by atoms with van der Waals surface area (Å²) in [6, 6.07) is 0.252. The molecule has 0 amide bonds. The van der Waals surface area contributed by atoms with Crippen LogP contribution in [0.15, 0.2) is 12.3 Å². The molecule has 1 aliphatic carbocycles. The number of rotatable bonds is 0. The van der Waals surface area contributed by atoms with Gasteiger partial charge in [0.05, 0.1) is 6.04 Å². The normalized spacial score (nSPS) is 46.1. The predicted molar refractivity (Wildman–Crippen MR) is 47.8 cm³/mol. The lowest BCUT2D eigenvalue weighted by Gasteiger charge is -2.19. The van der Waals surface area contributed by atoms with Crippen molar-refractivity contribution in [3.8, 4) is 0 Å². The molecule has 0 spiro atoms. The number of nitrogens with one attached hydrogen (secondary N) is 1. The van der Waals surface area contributed by atoms with Crippen molar-refractivity contribution < 1.29 is 0 Å². The molecule has 1 N–H and O–H groups in total. The van der Waals surface area contributed by atoms with Crippen LogP contribution < -0.4 is 5.32 Å². The molecule has 62 valence electrons. The van der Waals surface area contributed by atoms with Gasteiger partial charge in [0.1, 0.15) is 4.33 Å². The van der Waals surface area contributed by atoms with E-state index >= 15 is 0 Å². The second-order valence-corrected chi connectivity index (χ2v) is 5.05. The Morgan fingerprint density at radius 1 is 1.64 bits per heavy atom. The molecule has 1 heterocycles. The molecule has 3 atom stereocenters. The first kappa shape index (κ1) is 7.75. The zero-order valence-electron chi connectivity index (χ0n) is 6.40. The maximum atomic E-state index is 6.04. The van der Waals surface area contributed by atoms with Gasteiger partial charge in [-0.2, -0.15) is 0 Å². The summed E-state index contributed by atoms with van der Waals surface area (Å²) in [7, 11) is 0. The minimum atomic E-state index is -0.529. The summed E-state index contributed by atoms with van der Waals surface area (Å²) >= 11 is 12.1. The second kappa shape index (κ2) is 2.08. The molecule has 3 heteroatoms. The first-order valence-corrected chi connectivity index (χ1v) is 4.61. The summed E-state index contributed by atoms with van der Waals surface area (Å²) < 4.78 is -0.529. The molecule has 1 nitrogen and oxygen atoms in total. The highest BCUT2D eigenvalue weighted by molar-refractivity contribution is 6.52. The number of fused-ring (bicyclic) bond motifs is 1. The van der Waals surface area contributed by atoms with Crippen molar-refractivity contribution in [1.82, 2.24) is 5.32 Å². The SMILES string of the molecule is C=C1C[C@H](C)[C@@H]2[C@H](N1)C2(Cl)Cl. The van der Waals surface area contributed by atoms with Crippen molar-refractivity contribution in [2.24, 2.45) is 11.8 Å². The third-order valence-electron chi connectivity index (χ3n) is 2.65. The van der Waals surface area contributed by atoms with Crippen LogP contribution in [0.4, 0.5) is 0 Å². The molecule has 11 heavy (non-hydrogen) atoms. The summed E-state index contributed by atoms with van der Waals surface area (Å²) in [5, 5.41) is 3.22. The van der Waals surface area contributed by atoms with Gasteiger partial charge < -0.3 is 5.32 Å². The zero-order chi connectivity index (χ0) is 8.22. The average Bonchev–Trinajstić information content (AvgIpc) is 2.34. The lowest BCUT2D eigenvalue weighted by atomic mass is 9.97. The van der Waals surface area contributed by atoms with E-state index in [9.17, 15) is 0 Å². The fraction of sp³-hybridized carbons (Fsp3) is 0.750. The van der Waals surface area contributed by atoms with Gasteiger partial charge in [0.15, 0.2) is 0 Å². The van der Waals surface area contributed by atoms with Gasteiger partial charge in [-0.3, -0.25) is 0 Å². The number of hydrogen-bond acceptors (Lipinski definition) is 1. The van der Waals surface area contributed by atoms with Crippen molar-refractivity contribution >= 4 is 23.2 Å². The number of allylic oxidation sites excluding steroid dienone is 1. The van der Waals surface area contributed by atoms with Crippen LogP contribution >= 0.6 is 23.2 Å². The van der Waals surface area contributed by atoms with Crippen LogP contribution in [0, 0.1) is 11.8 Å². The molecule has 0 aromatic rings. The smallest absolute Gasteiger partial charge is 0.143 e. The van der Waals surface area contributed by atoms with E-state index in [-0.39, 0.29) is 6.04 Å². The summed E-state index contributed by atoms with van der Waals surface area (Å²) in [6.07, 6.45) is 1.00. The standard InChI is InChI=1S/C8H11Cl2N/c1-4-3-5(2)11-7-6(4)8(7,9)10/h4,6-7,11H,2-3H2,1H3/t4-,6+,7-/m0/s1. The van der Waals surface area contributed by atoms with E-state index in [0.29, 0.717) is 11.8 Å². The first-order valence-electron chi connectivity index (χ1n) is 3.85. The highest BCUT2D eigenvalue weighted by Crippen LogP contribution is 2.60. The largest absolute Gasteiger partial charge is 0.383 e. The Morgan fingerprint density at radius 3 is 2.82 bits per heavy atom. The van der Waals surface area contributed by atoms with Crippen LogP contribution in [0.5, 0.6) is 0 Å². The fourth-order valence-electron chi connectivity index (χ4n) is 2.04. The van der Waals surface area contributed by atoms with Crippen molar-refractivity contribution in [2.45, 2.75) is 23.7 Å². The van der Waals surface area contributed by atoms with E-state index in [1.54, 1.807) is 0 Å². The summed E-state index contributed by atoms with van der Waals surface area (Å²) in [5.74, 6) is 1.00. The molecule has 0 aromatic heterocycles. The highest BCUT2D eigenvalue weighted by atomic mass is 35.5. The maximum Gasteiger partial charge on any atom is 0.143 e. The van der Waals surface area contributed by atoms with Gasteiger partial charge in [-0.25, -0.2) is 0 Å². The first-order chi connectivity index (χ1) is 5.03. The number of alkyl halides is 2. The Morgan fingerprint density at radius 2 is 2.27 bits per heavy atom. The van der Waals surface area contributed by atoms with Gasteiger partial charge in [-0.15, -0.1) is 0 Å². The van der Waals surface area contributed by atoms with E-state index < -0.39 is 4.33 Å². The van der Waals surface area contributed by atoms with Gasteiger partial charge in [0.25, 0.3) is 0 Å². The fourth-order valence-corrected chi connectivity index (χ4v) is 2.98. The van der Waals surface area contributed by atoms with Gasteiger partial charge in [-0.1, -0.05) is 36.7 Å². The average molecular weight is 192 g/mol.